The van der Waals surface area contributed by atoms with E-state index in [2.05, 4.69) is 0 Å². The van der Waals surface area contributed by atoms with Gasteiger partial charge in [-0.05, 0) is 32.1 Å². The third kappa shape index (κ3) is 15.8. The molecular weight excluding hydrogens is 280 g/mol. The van der Waals surface area contributed by atoms with Crippen LogP contribution in [0.3, 0.4) is 0 Å². The number of aliphatic hydroxyl groups is 2. The van der Waals surface area contributed by atoms with Crippen molar-refractivity contribution in [3.63, 3.8) is 0 Å². The predicted octanol–water partition coefficient (Wildman–Crippen LogP) is 4.27. The molecule has 0 aromatic rings. The van der Waals surface area contributed by atoms with Gasteiger partial charge in [-0.25, -0.2) is 0 Å². The minimum Gasteiger partial charge on any atom is -0.481 e. The van der Waals surface area contributed by atoms with E-state index in [0.717, 1.165) is 83.5 Å². The Morgan fingerprint density at radius 3 is 1.59 bits per heavy atom. The number of aliphatic carboxylic acids is 1. The van der Waals surface area contributed by atoms with Crippen LogP contribution >= 0.6 is 0 Å². The summed E-state index contributed by atoms with van der Waals surface area (Å²) < 4.78 is 0. The SMILES string of the molecule is CCC(O)CCCCCCC(O)CCCCCCCC(=O)O. The molecule has 0 saturated heterocycles. The second-order valence-electron chi connectivity index (χ2n) is 6.41. The lowest BCUT2D eigenvalue weighted by molar-refractivity contribution is -0.137. The van der Waals surface area contributed by atoms with Crippen LogP contribution in [0.25, 0.3) is 0 Å². The van der Waals surface area contributed by atoms with Crippen molar-refractivity contribution in [2.45, 2.75) is 109 Å². The van der Waals surface area contributed by atoms with E-state index in [0.29, 0.717) is 0 Å². The van der Waals surface area contributed by atoms with E-state index in [1.165, 1.54) is 0 Å². The number of carboxylic acids is 1. The van der Waals surface area contributed by atoms with Crippen molar-refractivity contribution in [2.75, 3.05) is 0 Å². The fourth-order valence-corrected chi connectivity index (χ4v) is 2.65. The minimum absolute atomic E-state index is 0.138. The molecule has 0 saturated carbocycles. The third-order valence-corrected chi connectivity index (χ3v) is 4.22. The maximum atomic E-state index is 10.3. The van der Waals surface area contributed by atoms with Crippen LogP contribution in [-0.2, 0) is 4.79 Å². The smallest absolute Gasteiger partial charge is 0.303 e. The molecule has 0 bridgehead atoms. The lowest BCUT2D eigenvalue weighted by Crippen LogP contribution is -2.06. The summed E-state index contributed by atoms with van der Waals surface area (Å²) in [6.45, 7) is 2.01. The normalized spacial score (nSPS) is 14.0. The molecule has 0 rings (SSSR count). The summed E-state index contributed by atoms with van der Waals surface area (Å²) in [5.41, 5.74) is 0. The zero-order valence-electron chi connectivity index (χ0n) is 14.3. The van der Waals surface area contributed by atoms with Gasteiger partial charge >= 0.3 is 5.97 Å². The lowest BCUT2D eigenvalue weighted by Gasteiger charge is -2.10. The molecule has 0 heterocycles. The van der Waals surface area contributed by atoms with Gasteiger partial charge in [0.2, 0.25) is 0 Å². The second kappa shape index (κ2) is 15.3. The molecule has 2 atom stereocenters. The van der Waals surface area contributed by atoms with Gasteiger partial charge in [0, 0.05) is 6.42 Å². The lowest BCUT2D eigenvalue weighted by atomic mass is 10.0. The maximum absolute atomic E-state index is 10.3. The Hall–Kier alpha value is -0.610. The molecule has 4 heteroatoms. The second-order valence-corrected chi connectivity index (χ2v) is 6.41. The van der Waals surface area contributed by atoms with Crippen LogP contribution in [0.5, 0.6) is 0 Å². The highest BCUT2D eigenvalue weighted by atomic mass is 16.4. The van der Waals surface area contributed by atoms with Gasteiger partial charge in [-0.1, -0.05) is 58.3 Å². The van der Waals surface area contributed by atoms with E-state index in [-0.39, 0.29) is 18.6 Å². The number of aliphatic hydroxyl groups excluding tert-OH is 2. The van der Waals surface area contributed by atoms with E-state index in [4.69, 9.17) is 5.11 Å². The summed E-state index contributed by atoms with van der Waals surface area (Å²) in [4.78, 5) is 10.3. The van der Waals surface area contributed by atoms with Crippen molar-refractivity contribution in [1.29, 1.82) is 0 Å². The number of hydrogen-bond acceptors (Lipinski definition) is 3. The summed E-state index contributed by atoms with van der Waals surface area (Å²) in [6, 6.07) is 0. The molecule has 132 valence electrons. The first kappa shape index (κ1) is 21.4. The van der Waals surface area contributed by atoms with Crippen LogP contribution < -0.4 is 0 Å². The topological polar surface area (TPSA) is 77.8 Å². The van der Waals surface area contributed by atoms with Gasteiger partial charge in [0.1, 0.15) is 0 Å². The van der Waals surface area contributed by atoms with Gasteiger partial charge in [0.15, 0.2) is 0 Å². The van der Waals surface area contributed by atoms with Crippen molar-refractivity contribution < 1.29 is 20.1 Å². The van der Waals surface area contributed by atoms with Crippen LogP contribution in [0, 0.1) is 0 Å². The van der Waals surface area contributed by atoms with Crippen LogP contribution in [0.4, 0.5) is 0 Å². The Labute approximate surface area is 135 Å². The number of unbranched alkanes of at least 4 members (excludes halogenated alkanes) is 7. The van der Waals surface area contributed by atoms with Crippen LogP contribution in [0.1, 0.15) is 96.8 Å². The summed E-state index contributed by atoms with van der Waals surface area (Å²) in [6.07, 6.45) is 12.8. The minimum atomic E-state index is -0.709. The fourth-order valence-electron chi connectivity index (χ4n) is 2.65. The Bertz CT molecular complexity index is 255. The van der Waals surface area contributed by atoms with Gasteiger partial charge in [0.25, 0.3) is 0 Å². The van der Waals surface area contributed by atoms with Crippen LogP contribution in [0.15, 0.2) is 0 Å². The average molecular weight is 316 g/mol. The maximum Gasteiger partial charge on any atom is 0.303 e. The zero-order chi connectivity index (χ0) is 16.6. The van der Waals surface area contributed by atoms with E-state index in [9.17, 15) is 15.0 Å². The Morgan fingerprint density at radius 2 is 1.14 bits per heavy atom. The standard InChI is InChI=1S/C18H36O4/c1-2-16(19)12-8-6-7-10-14-17(20)13-9-4-3-5-11-15-18(21)22/h16-17,19-20H,2-15H2,1H3,(H,21,22). The predicted molar refractivity (Wildman–Crippen MR) is 90.0 cm³/mol. The first-order valence-corrected chi connectivity index (χ1v) is 9.14. The van der Waals surface area contributed by atoms with E-state index >= 15 is 0 Å². The number of rotatable bonds is 16. The molecule has 0 radical (unpaired) electrons. The molecule has 4 nitrogen and oxygen atoms in total. The van der Waals surface area contributed by atoms with E-state index in [1.54, 1.807) is 0 Å². The molecule has 0 aromatic carbocycles. The van der Waals surface area contributed by atoms with Crippen molar-refractivity contribution in [1.82, 2.24) is 0 Å². The van der Waals surface area contributed by atoms with Gasteiger partial charge in [0.05, 0.1) is 12.2 Å². The number of carbonyl (C=O) groups is 1. The van der Waals surface area contributed by atoms with Crippen LogP contribution in [-0.4, -0.2) is 33.5 Å². The highest BCUT2D eigenvalue weighted by molar-refractivity contribution is 5.66. The molecule has 0 aliphatic rings. The molecule has 0 aliphatic heterocycles. The largest absolute Gasteiger partial charge is 0.481 e. The summed E-state index contributed by atoms with van der Waals surface area (Å²) in [5.74, 6) is -0.709. The zero-order valence-corrected chi connectivity index (χ0v) is 14.3. The quantitative estimate of drug-likeness (QED) is 0.371. The molecular formula is C18H36O4. The first-order valence-electron chi connectivity index (χ1n) is 9.14. The van der Waals surface area contributed by atoms with Gasteiger partial charge in [-0.3, -0.25) is 4.79 Å². The van der Waals surface area contributed by atoms with Crippen LogP contribution in [0.2, 0.25) is 0 Å². The molecule has 0 aliphatic carbocycles. The Kier molecular flexibility index (Phi) is 14.9. The molecule has 0 spiro atoms. The molecule has 0 amide bonds. The van der Waals surface area contributed by atoms with Gasteiger partial charge in [-0.2, -0.15) is 0 Å². The first-order chi connectivity index (χ1) is 10.6. The molecule has 2 unspecified atom stereocenters. The van der Waals surface area contributed by atoms with Gasteiger partial charge < -0.3 is 15.3 Å². The van der Waals surface area contributed by atoms with E-state index in [1.807, 2.05) is 6.92 Å². The Morgan fingerprint density at radius 1 is 0.727 bits per heavy atom. The van der Waals surface area contributed by atoms with Gasteiger partial charge in [-0.15, -0.1) is 0 Å². The molecule has 22 heavy (non-hydrogen) atoms. The summed E-state index contributed by atoms with van der Waals surface area (Å²) in [5, 5.41) is 27.8. The Balaban J connectivity index is 3.22. The third-order valence-electron chi connectivity index (χ3n) is 4.22. The molecule has 3 N–H and O–H groups in total. The monoisotopic (exact) mass is 316 g/mol. The number of carboxylic acid groups (broad SMARTS) is 1. The highest BCUT2D eigenvalue weighted by Crippen LogP contribution is 2.14. The fraction of sp³-hybridized carbons (Fsp3) is 0.944. The van der Waals surface area contributed by atoms with Crippen molar-refractivity contribution in [3.8, 4) is 0 Å². The summed E-state index contributed by atoms with van der Waals surface area (Å²) >= 11 is 0. The highest BCUT2D eigenvalue weighted by Gasteiger charge is 2.05. The average Bonchev–Trinajstić information content (AvgIpc) is 2.49. The summed E-state index contributed by atoms with van der Waals surface area (Å²) in [7, 11) is 0. The van der Waals surface area contributed by atoms with Crippen molar-refractivity contribution in [2.24, 2.45) is 0 Å². The van der Waals surface area contributed by atoms with Crippen molar-refractivity contribution >= 4 is 5.97 Å². The van der Waals surface area contributed by atoms with Crippen molar-refractivity contribution in [3.05, 3.63) is 0 Å². The molecule has 0 fully saturated rings. The molecule has 0 aromatic heterocycles. The van der Waals surface area contributed by atoms with E-state index < -0.39 is 5.97 Å². The number of hydrogen-bond donors (Lipinski definition) is 3.